The van der Waals surface area contributed by atoms with Crippen molar-refractivity contribution in [3.05, 3.63) is 35.1 Å². The molecule has 0 saturated carbocycles. The minimum atomic E-state index is -4.42. The normalized spacial score (nSPS) is 11.4. The topological polar surface area (TPSA) is 12.9 Å². The second-order valence-electron chi connectivity index (χ2n) is 2.30. The molecule has 0 radical (unpaired) electrons. The Labute approximate surface area is 77.9 Å². The SMILES string of the molecule is C=Cc1cnc(Cl)cc1C(F)(F)F. The predicted molar refractivity (Wildman–Crippen MR) is 44.3 cm³/mol. The lowest BCUT2D eigenvalue weighted by atomic mass is 10.1. The van der Waals surface area contributed by atoms with Gasteiger partial charge in [-0.3, -0.25) is 0 Å². The van der Waals surface area contributed by atoms with Crippen LogP contribution in [-0.4, -0.2) is 4.98 Å². The molecule has 0 amide bonds. The molecule has 0 fully saturated rings. The van der Waals surface area contributed by atoms with Crippen LogP contribution in [0.5, 0.6) is 0 Å². The van der Waals surface area contributed by atoms with E-state index in [1.54, 1.807) is 0 Å². The Morgan fingerprint density at radius 2 is 2.08 bits per heavy atom. The van der Waals surface area contributed by atoms with Crippen LogP contribution >= 0.6 is 11.6 Å². The summed E-state index contributed by atoms with van der Waals surface area (Å²) >= 11 is 5.33. The third-order valence-corrected chi connectivity index (χ3v) is 1.63. The maximum absolute atomic E-state index is 12.3. The first-order valence-electron chi connectivity index (χ1n) is 3.30. The molecule has 1 nitrogen and oxygen atoms in total. The molecule has 5 heteroatoms. The fourth-order valence-electron chi connectivity index (χ4n) is 0.849. The Morgan fingerprint density at radius 3 is 2.54 bits per heavy atom. The molecule has 0 aromatic carbocycles. The van der Waals surface area contributed by atoms with Crippen molar-refractivity contribution in [2.24, 2.45) is 0 Å². The molecule has 0 unspecified atom stereocenters. The van der Waals surface area contributed by atoms with Gasteiger partial charge in [0, 0.05) is 11.8 Å². The van der Waals surface area contributed by atoms with Crippen molar-refractivity contribution in [3.63, 3.8) is 0 Å². The highest BCUT2D eigenvalue weighted by Crippen LogP contribution is 2.33. The molecule has 0 bridgehead atoms. The van der Waals surface area contributed by atoms with Gasteiger partial charge in [-0.25, -0.2) is 4.98 Å². The van der Waals surface area contributed by atoms with E-state index in [1.807, 2.05) is 0 Å². The van der Waals surface area contributed by atoms with Gasteiger partial charge in [-0.15, -0.1) is 0 Å². The van der Waals surface area contributed by atoms with Crippen molar-refractivity contribution >= 4 is 17.7 Å². The number of aromatic nitrogens is 1. The number of rotatable bonds is 1. The lowest BCUT2D eigenvalue weighted by Crippen LogP contribution is -2.07. The first-order valence-corrected chi connectivity index (χ1v) is 3.68. The summed E-state index contributed by atoms with van der Waals surface area (Å²) in [5, 5.41) is -0.182. The third-order valence-electron chi connectivity index (χ3n) is 1.43. The Kier molecular flexibility index (Phi) is 2.61. The van der Waals surface area contributed by atoms with Crippen LogP contribution in [0.1, 0.15) is 11.1 Å². The van der Waals surface area contributed by atoms with Gasteiger partial charge in [0.25, 0.3) is 0 Å². The molecular weight excluding hydrogens is 203 g/mol. The van der Waals surface area contributed by atoms with E-state index in [0.717, 1.165) is 18.3 Å². The second kappa shape index (κ2) is 3.38. The van der Waals surface area contributed by atoms with E-state index in [1.165, 1.54) is 0 Å². The van der Waals surface area contributed by atoms with Gasteiger partial charge in [0.1, 0.15) is 5.15 Å². The first kappa shape index (κ1) is 10.1. The lowest BCUT2D eigenvalue weighted by Gasteiger charge is -2.09. The third kappa shape index (κ3) is 2.21. The molecule has 0 atom stereocenters. The van der Waals surface area contributed by atoms with Crippen LogP contribution in [0.4, 0.5) is 13.2 Å². The molecule has 70 valence electrons. The second-order valence-corrected chi connectivity index (χ2v) is 2.68. The number of halogens is 4. The van der Waals surface area contributed by atoms with Gasteiger partial charge in [-0.1, -0.05) is 24.3 Å². The summed E-state index contributed by atoms with van der Waals surface area (Å²) in [6.45, 7) is 3.25. The number of hydrogen-bond acceptors (Lipinski definition) is 1. The van der Waals surface area contributed by atoms with E-state index < -0.39 is 11.7 Å². The zero-order valence-electron chi connectivity index (χ0n) is 6.40. The molecule has 0 aliphatic rings. The van der Waals surface area contributed by atoms with E-state index in [0.29, 0.717) is 0 Å². The molecule has 1 aromatic rings. The summed E-state index contributed by atoms with van der Waals surface area (Å²) in [5.74, 6) is 0. The quantitative estimate of drug-likeness (QED) is 0.644. The van der Waals surface area contributed by atoms with Crippen LogP contribution in [0.15, 0.2) is 18.8 Å². The summed E-state index contributed by atoms with van der Waals surface area (Å²) in [6, 6.07) is 0.776. The molecule has 0 spiro atoms. The highest BCUT2D eigenvalue weighted by Gasteiger charge is 2.33. The molecule has 13 heavy (non-hydrogen) atoms. The monoisotopic (exact) mass is 207 g/mol. The average Bonchev–Trinajstić information content (AvgIpc) is 2.03. The number of alkyl halides is 3. The van der Waals surface area contributed by atoms with Crippen LogP contribution in [0, 0.1) is 0 Å². The molecular formula is C8H5ClF3N. The lowest BCUT2D eigenvalue weighted by molar-refractivity contribution is -0.137. The van der Waals surface area contributed by atoms with Crippen molar-refractivity contribution in [1.29, 1.82) is 0 Å². The van der Waals surface area contributed by atoms with Crippen LogP contribution in [-0.2, 0) is 6.18 Å². The maximum atomic E-state index is 12.3. The van der Waals surface area contributed by atoms with Gasteiger partial charge in [0.2, 0.25) is 0 Å². The molecule has 0 N–H and O–H groups in total. The van der Waals surface area contributed by atoms with E-state index in [9.17, 15) is 13.2 Å². The van der Waals surface area contributed by atoms with Crippen LogP contribution in [0.3, 0.4) is 0 Å². The summed E-state index contributed by atoms with van der Waals surface area (Å²) in [7, 11) is 0. The van der Waals surface area contributed by atoms with Crippen LogP contribution in [0.25, 0.3) is 6.08 Å². The molecule has 1 heterocycles. The van der Waals surface area contributed by atoms with Gasteiger partial charge < -0.3 is 0 Å². The highest BCUT2D eigenvalue weighted by atomic mass is 35.5. The van der Waals surface area contributed by atoms with Crippen molar-refractivity contribution in [1.82, 2.24) is 4.98 Å². The standard InChI is InChI=1S/C8H5ClF3N/c1-2-5-4-13-7(9)3-6(5)8(10,11)12/h2-4H,1H2. The zero-order chi connectivity index (χ0) is 10.1. The number of pyridine rings is 1. The van der Waals surface area contributed by atoms with Gasteiger partial charge >= 0.3 is 6.18 Å². The van der Waals surface area contributed by atoms with Gasteiger partial charge in [-0.05, 0) is 6.07 Å². The largest absolute Gasteiger partial charge is 0.417 e. The fraction of sp³-hybridized carbons (Fsp3) is 0.125. The first-order chi connectivity index (χ1) is 5.95. The van der Waals surface area contributed by atoms with E-state index >= 15 is 0 Å². The number of hydrogen-bond donors (Lipinski definition) is 0. The van der Waals surface area contributed by atoms with E-state index in [2.05, 4.69) is 11.6 Å². The summed E-state index contributed by atoms with van der Waals surface area (Å²) in [6.07, 6.45) is -2.29. The van der Waals surface area contributed by atoms with Crippen molar-refractivity contribution in [3.8, 4) is 0 Å². The van der Waals surface area contributed by atoms with Crippen LogP contribution in [0.2, 0.25) is 5.15 Å². The molecule has 1 rings (SSSR count). The Morgan fingerprint density at radius 1 is 1.46 bits per heavy atom. The molecule has 0 aliphatic heterocycles. The summed E-state index contributed by atoms with van der Waals surface area (Å²) in [5.41, 5.74) is -0.889. The molecule has 0 aliphatic carbocycles. The van der Waals surface area contributed by atoms with Gasteiger partial charge in [-0.2, -0.15) is 13.2 Å². The summed E-state index contributed by atoms with van der Waals surface area (Å²) in [4.78, 5) is 3.52. The molecule has 0 saturated heterocycles. The van der Waals surface area contributed by atoms with E-state index in [4.69, 9.17) is 11.6 Å². The maximum Gasteiger partial charge on any atom is 0.417 e. The van der Waals surface area contributed by atoms with Crippen molar-refractivity contribution in [2.75, 3.05) is 0 Å². The van der Waals surface area contributed by atoms with Gasteiger partial charge in [0.15, 0.2) is 0 Å². The summed E-state index contributed by atoms with van der Waals surface area (Å²) < 4.78 is 36.8. The Bertz CT molecular complexity index is 333. The van der Waals surface area contributed by atoms with Crippen molar-refractivity contribution in [2.45, 2.75) is 6.18 Å². The van der Waals surface area contributed by atoms with Crippen molar-refractivity contribution < 1.29 is 13.2 Å². The minimum Gasteiger partial charge on any atom is -0.244 e. The van der Waals surface area contributed by atoms with Crippen LogP contribution < -0.4 is 0 Å². The minimum absolute atomic E-state index is 0.0723. The number of nitrogens with zero attached hydrogens (tertiary/aromatic N) is 1. The smallest absolute Gasteiger partial charge is 0.244 e. The van der Waals surface area contributed by atoms with E-state index in [-0.39, 0.29) is 10.7 Å². The molecule has 1 aromatic heterocycles. The highest BCUT2D eigenvalue weighted by molar-refractivity contribution is 6.29. The Balaban J connectivity index is 3.32. The zero-order valence-corrected chi connectivity index (χ0v) is 7.15. The predicted octanol–water partition coefficient (Wildman–Crippen LogP) is 3.40. The fourth-order valence-corrected chi connectivity index (χ4v) is 1.01. The van der Waals surface area contributed by atoms with Gasteiger partial charge in [0.05, 0.1) is 5.56 Å². The Hall–Kier alpha value is -1.03. The average molecular weight is 208 g/mol.